The highest BCUT2D eigenvalue weighted by atomic mass is 19.4. The first-order valence-electron chi connectivity index (χ1n) is 7.13. The van der Waals surface area contributed by atoms with Crippen molar-refractivity contribution in [3.05, 3.63) is 30.3 Å². The fourth-order valence-corrected chi connectivity index (χ4v) is 2.95. The standard InChI is InChI=1S/C15H15F4N3O/c1-23-14(15(17,18)19)4-6-22(7-5-14)13-11-8-10(16)2-3-12(11)20-9-21-13/h2-3,8-9H,4-7H2,1H3. The highest BCUT2D eigenvalue weighted by Gasteiger charge is 2.56. The largest absolute Gasteiger partial charge is 0.417 e. The number of alkyl halides is 3. The van der Waals surface area contributed by atoms with Crippen molar-refractivity contribution in [2.24, 2.45) is 0 Å². The number of rotatable bonds is 2. The van der Waals surface area contributed by atoms with E-state index in [0.717, 1.165) is 7.11 Å². The van der Waals surface area contributed by atoms with Crippen LogP contribution >= 0.6 is 0 Å². The van der Waals surface area contributed by atoms with Crippen LogP contribution in [0.15, 0.2) is 24.5 Å². The molecule has 124 valence electrons. The molecule has 0 aliphatic carbocycles. The zero-order valence-corrected chi connectivity index (χ0v) is 12.4. The van der Waals surface area contributed by atoms with E-state index in [1.165, 1.54) is 24.5 Å². The molecule has 0 saturated carbocycles. The van der Waals surface area contributed by atoms with Crippen molar-refractivity contribution in [3.63, 3.8) is 0 Å². The van der Waals surface area contributed by atoms with E-state index in [1.54, 1.807) is 4.90 Å². The molecule has 2 heterocycles. The summed E-state index contributed by atoms with van der Waals surface area (Å²) in [5, 5.41) is 0.490. The van der Waals surface area contributed by atoms with Gasteiger partial charge in [0.2, 0.25) is 0 Å². The maximum absolute atomic E-state index is 13.5. The molecule has 0 bridgehead atoms. The Kier molecular flexibility index (Phi) is 3.87. The first-order chi connectivity index (χ1) is 10.9. The van der Waals surface area contributed by atoms with Gasteiger partial charge in [-0.15, -0.1) is 0 Å². The van der Waals surface area contributed by atoms with Crippen LogP contribution in [0.25, 0.3) is 10.9 Å². The topological polar surface area (TPSA) is 38.2 Å². The molecule has 1 aromatic carbocycles. The van der Waals surface area contributed by atoms with Gasteiger partial charge in [-0.25, -0.2) is 14.4 Å². The Bertz CT molecular complexity index is 711. The van der Waals surface area contributed by atoms with E-state index < -0.39 is 17.6 Å². The highest BCUT2D eigenvalue weighted by Crippen LogP contribution is 2.42. The average Bonchev–Trinajstić information content (AvgIpc) is 2.53. The second-order valence-electron chi connectivity index (χ2n) is 5.54. The highest BCUT2D eigenvalue weighted by molar-refractivity contribution is 5.89. The number of piperidine rings is 1. The maximum atomic E-state index is 13.5. The normalized spacial score (nSPS) is 18.4. The van der Waals surface area contributed by atoms with Crippen molar-refractivity contribution in [1.29, 1.82) is 0 Å². The van der Waals surface area contributed by atoms with Gasteiger partial charge in [-0.1, -0.05) is 0 Å². The van der Waals surface area contributed by atoms with Gasteiger partial charge in [0.1, 0.15) is 18.0 Å². The van der Waals surface area contributed by atoms with E-state index in [4.69, 9.17) is 4.74 Å². The molecule has 1 saturated heterocycles. The number of fused-ring (bicyclic) bond motifs is 1. The predicted octanol–water partition coefficient (Wildman–Crippen LogP) is 3.32. The van der Waals surface area contributed by atoms with Gasteiger partial charge in [-0.3, -0.25) is 0 Å². The van der Waals surface area contributed by atoms with Gasteiger partial charge >= 0.3 is 6.18 Å². The van der Waals surface area contributed by atoms with E-state index in [0.29, 0.717) is 16.7 Å². The molecule has 8 heteroatoms. The number of anilines is 1. The number of methoxy groups -OCH3 is 1. The SMILES string of the molecule is COC1(C(F)(F)F)CCN(c2ncnc3ccc(F)cc23)CC1. The van der Waals surface area contributed by atoms with Gasteiger partial charge in [-0.2, -0.15) is 13.2 Å². The van der Waals surface area contributed by atoms with Gasteiger partial charge in [-0.05, 0) is 18.2 Å². The summed E-state index contributed by atoms with van der Waals surface area (Å²) in [6.45, 7) is 0.242. The number of aromatic nitrogens is 2. The number of ether oxygens (including phenoxy) is 1. The molecule has 2 aromatic rings. The number of halogens is 4. The lowest BCUT2D eigenvalue weighted by atomic mass is 9.90. The van der Waals surface area contributed by atoms with Crippen molar-refractivity contribution in [3.8, 4) is 0 Å². The maximum Gasteiger partial charge on any atom is 0.417 e. The van der Waals surface area contributed by atoms with E-state index in [-0.39, 0.29) is 25.9 Å². The van der Waals surface area contributed by atoms with Crippen LogP contribution in [0, 0.1) is 5.82 Å². The third-order valence-corrected chi connectivity index (χ3v) is 4.35. The Morgan fingerprint density at radius 1 is 1.17 bits per heavy atom. The Hall–Kier alpha value is -1.96. The van der Waals surface area contributed by atoms with Crippen molar-refractivity contribution in [2.45, 2.75) is 24.6 Å². The van der Waals surface area contributed by atoms with Crippen molar-refractivity contribution in [2.75, 3.05) is 25.1 Å². The molecule has 0 N–H and O–H groups in total. The van der Waals surface area contributed by atoms with Gasteiger partial charge in [0, 0.05) is 38.4 Å². The lowest BCUT2D eigenvalue weighted by molar-refractivity contribution is -0.276. The van der Waals surface area contributed by atoms with E-state index >= 15 is 0 Å². The van der Waals surface area contributed by atoms with Crippen LogP contribution in [-0.2, 0) is 4.74 Å². The molecule has 0 radical (unpaired) electrons. The van der Waals surface area contributed by atoms with Gasteiger partial charge in [0.05, 0.1) is 5.52 Å². The lowest BCUT2D eigenvalue weighted by Gasteiger charge is -2.42. The fourth-order valence-electron chi connectivity index (χ4n) is 2.95. The second-order valence-corrected chi connectivity index (χ2v) is 5.54. The molecule has 0 spiro atoms. The third-order valence-electron chi connectivity index (χ3n) is 4.35. The second kappa shape index (κ2) is 5.59. The first kappa shape index (κ1) is 15.9. The van der Waals surface area contributed by atoms with Crippen molar-refractivity contribution >= 4 is 16.7 Å². The Labute approximate surface area is 130 Å². The summed E-state index contributed by atoms with van der Waals surface area (Å²) >= 11 is 0. The Morgan fingerprint density at radius 3 is 2.48 bits per heavy atom. The Balaban J connectivity index is 1.90. The average molecular weight is 329 g/mol. The van der Waals surface area contributed by atoms with Crippen molar-refractivity contribution in [1.82, 2.24) is 9.97 Å². The molecule has 1 fully saturated rings. The zero-order chi connectivity index (χ0) is 16.7. The molecule has 1 aromatic heterocycles. The summed E-state index contributed by atoms with van der Waals surface area (Å²) in [6.07, 6.45) is -3.49. The van der Waals surface area contributed by atoms with Crippen LogP contribution in [0.4, 0.5) is 23.4 Å². The molecule has 0 amide bonds. The van der Waals surface area contributed by atoms with Crippen LogP contribution in [0.3, 0.4) is 0 Å². The van der Waals surface area contributed by atoms with Crippen molar-refractivity contribution < 1.29 is 22.3 Å². The lowest BCUT2D eigenvalue weighted by Crippen LogP contribution is -2.54. The monoisotopic (exact) mass is 329 g/mol. The molecule has 23 heavy (non-hydrogen) atoms. The van der Waals surface area contributed by atoms with Gasteiger partial charge < -0.3 is 9.64 Å². The fraction of sp³-hybridized carbons (Fsp3) is 0.467. The van der Waals surface area contributed by atoms with Crippen LogP contribution in [-0.4, -0.2) is 41.9 Å². The number of benzene rings is 1. The molecule has 1 aliphatic heterocycles. The van der Waals surface area contributed by atoms with Crippen LogP contribution in [0.2, 0.25) is 0 Å². The minimum atomic E-state index is -4.42. The van der Waals surface area contributed by atoms with E-state index in [1.807, 2.05) is 0 Å². The summed E-state index contributed by atoms with van der Waals surface area (Å²) in [5.41, 5.74) is -1.58. The smallest absolute Gasteiger partial charge is 0.369 e. The van der Waals surface area contributed by atoms with Crippen LogP contribution in [0.5, 0.6) is 0 Å². The summed E-state index contributed by atoms with van der Waals surface area (Å²) in [7, 11) is 1.08. The number of hydrogen-bond donors (Lipinski definition) is 0. The van der Waals surface area contributed by atoms with Crippen LogP contribution in [0.1, 0.15) is 12.8 Å². The summed E-state index contributed by atoms with van der Waals surface area (Å²) < 4.78 is 57.9. The molecule has 1 aliphatic rings. The first-order valence-corrected chi connectivity index (χ1v) is 7.13. The molecule has 0 atom stereocenters. The summed E-state index contributed by atoms with van der Waals surface area (Å²) in [4.78, 5) is 9.90. The molecular formula is C15H15F4N3O. The molecule has 4 nitrogen and oxygen atoms in total. The molecular weight excluding hydrogens is 314 g/mol. The van der Waals surface area contributed by atoms with E-state index in [2.05, 4.69) is 9.97 Å². The summed E-state index contributed by atoms with van der Waals surface area (Å²) in [6, 6.07) is 4.11. The minimum absolute atomic E-state index is 0.121. The number of nitrogens with zero attached hydrogens (tertiary/aromatic N) is 3. The summed E-state index contributed by atoms with van der Waals surface area (Å²) in [5.74, 6) is 0.00784. The molecule has 0 unspecified atom stereocenters. The quantitative estimate of drug-likeness (QED) is 0.792. The molecule has 3 rings (SSSR count). The van der Waals surface area contributed by atoms with Gasteiger partial charge in [0.15, 0.2) is 5.60 Å². The van der Waals surface area contributed by atoms with E-state index in [9.17, 15) is 17.6 Å². The predicted molar refractivity (Wildman–Crippen MR) is 76.7 cm³/mol. The van der Waals surface area contributed by atoms with Crippen LogP contribution < -0.4 is 4.90 Å². The van der Waals surface area contributed by atoms with Gasteiger partial charge in [0.25, 0.3) is 0 Å². The minimum Gasteiger partial charge on any atom is -0.369 e. The zero-order valence-electron chi connectivity index (χ0n) is 12.4. The third kappa shape index (κ3) is 2.71. The Morgan fingerprint density at radius 2 is 1.87 bits per heavy atom. The number of hydrogen-bond acceptors (Lipinski definition) is 4.